The van der Waals surface area contributed by atoms with Gasteiger partial charge in [-0.25, -0.2) is 0 Å². The van der Waals surface area contributed by atoms with E-state index in [4.69, 9.17) is 15.3 Å². The molecular formula is C14H24AgN5O5. The van der Waals surface area contributed by atoms with Gasteiger partial charge in [-0.15, -0.1) is 0 Å². The fourth-order valence-corrected chi connectivity index (χ4v) is 1.28. The summed E-state index contributed by atoms with van der Waals surface area (Å²) in [6, 6.07) is 7.89. The van der Waals surface area contributed by atoms with E-state index in [2.05, 4.69) is 9.97 Å². The number of anilines is 2. The van der Waals surface area contributed by atoms with Crippen LogP contribution in [0.1, 0.15) is 0 Å². The number of hydrogen-bond acceptors (Lipinski definition) is 7. The Balaban J connectivity index is -0.000000133. The van der Waals surface area contributed by atoms with Crippen molar-refractivity contribution in [3.05, 3.63) is 64.4 Å². The maximum absolute atomic E-state index is 8.25. The summed E-state index contributed by atoms with van der Waals surface area (Å²) in [6.07, 6.45) is 7.15. The van der Waals surface area contributed by atoms with Crippen LogP contribution in [0.5, 0.6) is 0 Å². The normalized spacial score (nSPS) is 7.52. The molecule has 0 aliphatic carbocycles. The number of rotatable bonds is 2. The molecule has 10 nitrogen and oxygen atoms in total. The fraction of sp³-hybridized carbons (Fsp3) is 0.286. The molecule has 0 bridgehead atoms. The van der Waals surface area contributed by atoms with Crippen LogP contribution in [0.4, 0.5) is 11.4 Å². The Labute approximate surface area is 162 Å². The van der Waals surface area contributed by atoms with Crippen molar-refractivity contribution in [2.45, 2.75) is 0 Å². The second kappa shape index (κ2) is 18.1. The van der Waals surface area contributed by atoms with Gasteiger partial charge in [0.2, 0.25) is 0 Å². The van der Waals surface area contributed by atoms with Crippen molar-refractivity contribution in [3.8, 4) is 0 Å². The first-order valence-corrected chi connectivity index (χ1v) is 6.30. The minimum Gasteiger partial charge on any atom is -0.412 e. The first-order chi connectivity index (χ1) is 10.3. The predicted molar refractivity (Wildman–Crippen MR) is 94.7 cm³/mol. The Bertz CT molecular complexity index is 484. The summed E-state index contributed by atoms with van der Waals surface area (Å²) >= 11 is 0. The summed E-state index contributed by atoms with van der Waals surface area (Å²) in [7, 11) is 8.04. The Morgan fingerprint density at radius 1 is 0.760 bits per heavy atom. The van der Waals surface area contributed by atoms with Crippen molar-refractivity contribution in [3.63, 3.8) is 0 Å². The maximum atomic E-state index is 8.25. The predicted octanol–water partition coefficient (Wildman–Crippen LogP) is 0.404. The molecule has 146 valence electrons. The Morgan fingerprint density at radius 3 is 1.08 bits per heavy atom. The molecule has 2 aromatic rings. The summed E-state index contributed by atoms with van der Waals surface area (Å²) in [6.45, 7) is 0. The van der Waals surface area contributed by atoms with Gasteiger partial charge in [0.15, 0.2) is 0 Å². The largest absolute Gasteiger partial charge is 1.00 e. The molecule has 0 aromatic carbocycles. The first-order valence-electron chi connectivity index (χ1n) is 6.30. The molecule has 0 spiro atoms. The Hall–Kier alpha value is -2.24. The zero-order valence-electron chi connectivity index (χ0n) is 14.4. The van der Waals surface area contributed by atoms with Crippen molar-refractivity contribution in [1.82, 2.24) is 9.97 Å². The molecule has 0 atom stereocenters. The average Bonchev–Trinajstić information content (AvgIpc) is 2.49. The van der Waals surface area contributed by atoms with Gasteiger partial charge in [0.1, 0.15) is 0 Å². The summed E-state index contributed by atoms with van der Waals surface area (Å²) in [5.41, 5.74) is 2.37. The zero-order valence-corrected chi connectivity index (χ0v) is 15.9. The SMILES string of the molecule is CN(C)c1ccncc1.CN(C)c1ccncc1.O.O.O=[N+]([O-])[O-].[Ag+]. The third-order valence-electron chi connectivity index (χ3n) is 2.36. The number of nitrogens with zero attached hydrogens (tertiary/aromatic N) is 5. The van der Waals surface area contributed by atoms with Gasteiger partial charge in [0.05, 0.1) is 5.09 Å². The van der Waals surface area contributed by atoms with Crippen LogP contribution in [0, 0.1) is 15.3 Å². The molecule has 0 unspecified atom stereocenters. The van der Waals surface area contributed by atoms with E-state index >= 15 is 0 Å². The minimum atomic E-state index is -1.75. The van der Waals surface area contributed by atoms with Crippen LogP contribution in [-0.4, -0.2) is 54.2 Å². The molecule has 0 radical (unpaired) electrons. The summed E-state index contributed by atoms with van der Waals surface area (Å²) in [4.78, 5) is 20.1. The smallest absolute Gasteiger partial charge is 0.412 e. The molecule has 11 heteroatoms. The van der Waals surface area contributed by atoms with E-state index in [9.17, 15) is 0 Å². The molecule has 2 aromatic heterocycles. The van der Waals surface area contributed by atoms with Gasteiger partial charge >= 0.3 is 22.4 Å². The molecule has 0 saturated heterocycles. The molecule has 0 aliphatic heterocycles. The molecule has 0 fully saturated rings. The van der Waals surface area contributed by atoms with Crippen LogP contribution in [0.25, 0.3) is 0 Å². The molecule has 0 amide bonds. The monoisotopic (exact) mass is 449 g/mol. The van der Waals surface area contributed by atoms with E-state index in [0.717, 1.165) is 0 Å². The number of aromatic nitrogens is 2. The second-order valence-corrected chi connectivity index (χ2v) is 4.42. The second-order valence-electron chi connectivity index (χ2n) is 4.42. The molecule has 4 N–H and O–H groups in total. The molecule has 25 heavy (non-hydrogen) atoms. The van der Waals surface area contributed by atoms with Crippen LogP contribution >= 0.6 is 0 Å². The van der Waals surface area contributed by atoms with Crippen LogP contribution in [0.3, 0.4) is 0 Å². The van der Waals surface area contributed by atoms with Gasteiger partial charge in [-0.1, -0.05) is 0 Å². The average molecular weight is 450 g/mol. The molecule has 0 aliphatic rings. The van der Waals surface area contributed by atoms with Crippen LogP contribution in [0.2, 0.25) is 0 Å². The van der Waals surface area contributed by atoms with Gasteiger partial charge in [-0.2, -0.15) is 0 Å². The van der Waals surface area contributed by atoms with E-state index < -0.39 is 5.09 Å². The Kier molecular flexibility index (Phi) is 22.2. The van der Waals surface area contributed by atoms with Crippen molar-refractivity contribution in [1.29, 1.82) is 0 Å². The van der Waals surface area contributed by atoms with E-state index in [1.54, 1.807) is 24.8 Å². The quantitative estimate of drug-likeness (QED) is 0.363. The van der Waals surface area contributed by atoms with Crippen molar-refractivity contribution in [2.24, 2.45) is 0 Å². The summed E-state index contributed by atoms with van der Waals surface area (Å²) < 4.78 is 0. The third kappa shape index (κ3) is 17.9. The summed E-state index contributed by atoms with van der Waals surface area (Å²) in [5, 5.41) is 14.8. The van der Waals surface area contributed by atoms with Crippen LogP contribution < -0.4 is 9.80 Å². The zero-order chi connectivity index (χ0) is 17.0. The van der Waals surface area contributed by atoms with Crippen molar-refractivity contribution >= 4 is 11.4 Å². The van der Waals surface area contributed by atoms with E-state index in [1.807, 2.05) is 62.3 Å². The number of hydrogen-bond donors (Lipinski definition) is 0. The molecule has 2 heterocycles. The summed E-state index contributed by atoms with van der Waals surface area (Å²) in [5.74, 6) is 0. The fourth-order valence-electron chi connectivity index (χ4n) is 1.28. The topological polar surface area (TPSA) is 161 Å². The van der Waals surface area contributed by atoms with E-state index in [1.165, 1.54) is 11.4 Å². The number of pyridine rings is 2. The van der Waals surface area contributed by atoms with E-state index in [0.29, 0.717) is 0 Å². The van der Waals surface area contributed by atoms with Gasteiger partial charge in [0, 0.05) is 64.4 Å². The van der Waals surface area contributed by atoms with Crippen LogP contribution in [-0.2, 0) is 22.4 Å². The van der Waals surface area contributed by atoms with E-state index in [-0.39, 0.29) is 33.3 Å². The van der Waals surface area contributed by atoms with Gasteiger partial charge in [0.25, 0.3) is 0 Å². The third-order valence-corrected chi connectivity index (χ3v) is 2.36. The first kappa shape index (κ1) is 30.6. The standard InChI is InChI=1S/2C7H10N2.Ag.NO3.2H2O/c2*1-9(2)7-3-5-8-6-4-7;;2-1(3)4;;/h2*3-6H,1-2H3;;;2*1H2/q;;+1;-1;;. The van der Waals surface area contributed by atoms with Gasteiger partial charge in [-0.05, 0) is 24.3 Å². The van der Waals surface area contributed by atoms with Crippen LogP contribution in [0.15, 0.2) is 49.1 Å². The van der Waals surface area contributed by atoms with Crippen molar-refractivity contribution < 1.29 is 38.4 Å². The Morgan fingerprint density at radius 2 is 0.960 bits per heavy atom. The van der Waals surface area contributed by atoms with Crippen molar-refractivity contribution in [2.75, 3.05) is 38.0 Å². The molecule has 0 saturated carbocycles. The minimum absolute atomic E-state index is 0. The molecule has 2 rings (SSSR count). The van der Waals surface area contributed by atoms with Gasteiger partial charge in [-0.3, -0.25) is 9.97 Å². The van der Waals surface area contributed by atoms with Gasteiger partial charge < -0.3 is 36.1 Å². The maximum Gasteiger partial charge on any atom is 1.00 e. The molecular weight excluding hydrogens is 426 g/mol.